The lowest BCUT2D eigenvalue weighted by Crippen LogP contribution is -2.12. The lowest BCUT2D eigenvalue weighted by atomic mass is 10.1. The fourth-order valence-corrected chi connectivity index (χ4v) is 2.99. The van der Waals surface area contributed by atoms with Crippen molar-refractivity contribution < 1.29 is 14.3 Å². The van der Waals surface area contributed by atoms with E-state index in [2.05, 4.69) is 10.3 Å². The molecule has 6 heteroatoms. The van der Waals surface area contributed by atoms with Gasteiger partial charge in [-0.05, 0) is 25.1 Å². The van der Waals surface area contributed by atoms with Crippen LogP contribution >= 0.6 is 11.6 Å². The number of aromatic nitrogens is 1. The fraction of sp³-hybridized carbons (Fsp3) is 0.118. The number of carbonyl (C=O) groups excluding carboxylic acids is 1. The lowest BCUT2D eigenvalue weighted by Gasteiger charge is -2.06. The summed E-state index contributed by atoms with van der Waals surface area (Å²) in [6.45, 7) is 2.05. The van der Waals surface area contributed by atoms with Crippen molar-refractivity contribution in [2.45, 2.75) is 6.92 Å². The van der Waals surface area contributed by atoms with E-state index in [1.165, 1.54) is 0 Å². The monoisotopic (exact) mass is 328 g/mol. The molecular formula is C17H13ClN2O3. The van der Waals surface area contributed by atoms with Crippen LogP contribution in [0.2, 0.25) is 5.02 Å². The summed E-state index contributed by atoms with van der Waals surface area (Å²) in [5.74, 6) is 1.11. The van der Waals surface area contributed by atoms with Crippen molar-refractivity contribution >= 4 is 34.1 Å². The number of halogens is 1. The topological polar surface area (TPSA) is 63.4 Å². The number of para-hydroxylation sites is 1. The summed E-state index contributed by atoms with van der Waals surface area (Å²) < 4.78 is 10.6. The molecule has 2 N–H and O–H groups in total. The number of aryl methyl sites for hydroxylation is 1. The summed E-state index contributed by atoms with van der Waals surface area (Å²) in [5, 5.41) is 4.28. The van der Waals surface area contributed by atoms with Gasteiger partial charge in [0.05, 0.1) is 16.1 Å². The Morgan fingerprint density at radius 3 is 2.91 bits per heavy atom. The molecule has 0 spiro atoms. The number of ether oxygens (including phenoxy) is 2. The maximum atomic E-state index is 12.7. The number of rotatable bonds is 2. The van der Waals surface area contributed by atoms with E-state index in [4.69, 9.17) is 21.1 Å². The van der Waals surface area contributed by atoms with E-state index in [9.17, 15) is 4.79 Å². The van der Waals surface area contributed by atoms with Crippen molar-refractivity contribution in [3.8, 4) is 11.5 Å². The van der Waals surface area contributed by atoms with Crippen LogP contribution in [-0.2, 0) is 0 Å². The highest BCUT2D eigenvalue weighted by Crippen LogP contribution is 2.35. The molecule has 116 valence electrons. The van der Waals surface area contributed by atoms with Gasteiger partial charge in [0.1, 0.15) is 0 Å². The number of fused-ring (bicyclic) bond motifs is 2. The third-order valence-electron chi connectivity index (χ3n) is 3.83. The highest BCUT2D eigenvalue weighted by molar-refractivity contribution is 6.35. The van der Waals surface area contributed by atoms with E-state index >= 15 is 0 Å². The van der Waals surface area contributed by atoms with Crippen molar-refractivity contribution in [1.82, 2.24) is 4.98 Å². The predicted octanol–water partition coefficient (Wildman–Crippen LogP) is 4.11. The number of nitrogens with one attached hydrogen (secondary N) is 2. The molecule has 4 rings (SSSR count). The molecule has 23 heavy (non-hydrogen) atoms. The zero-order valence-corrected chi connectivity index (χ0v) is 13.0. The number of anilines is 1. The minimum atomic E-state index is -0.199. The Morgan fingerprint density at radius 2 is 2.04 bits per heavy atom. The van der Waals surface area contributed by atoms with Gasteiger partial charge in [0.25, 0.3) is 5.91 Å². The molecule has 5 nitrogen and oxygen atoms in total. The Bertz CT molecular complexity index is 933. The molecule has 1 aliphatic rings. The maximum absolute atomic E-state index is 12.7. The van der Waals surface area contributed by atoms with Gasteiger partial charge in [-0.2, -0.15) is 0 Å². The molecule has 2 heterocycles. The first-order valence-electron chi connectivity index (χ1n) is 7.11. The second-order valence-corrected chi connectivity index (χ2v) is 5.72. The number of hydrogen-bond donors (Lipinski definition) is 2. The lowest BCUT2D eigenvalue weighted by molar-refractivity contribution is 0.102. The molecule has 0 aliphatic carbocycles. The molecular weight excluding hydrogens is 316 g/mol. The molecule has 0 saturated carbocycles. The molecule has 0 unspecified atom stereocenters. The normalized spacial score (nSPS) is 12.6. The summed E-state index contributed by atoms with van der Waals surface area (Å²) in [6, 6.07) is 10.8. The van der Waals surface area contributed by atoms with Gasteiger partial charge in [-0.3, -0.25) is 4.79 Å². The summed E-state index contributed by atoms with van der Waals surface area (Å²) in [7, 11) is 0. The van der Waals surface area contributed by atoms with E-state index in [1.54, 1.807) is 24.3 Å². The number of hydrogen-bond acceptors (Lipinski definition) is 3. The standard InChI is InChI=1S/C17H13ClN2O3/c1-9-15(11-3-2-4-12(18)16(11)19-9)17(21)20-10-5-6-13-14(7-10)23-8-22-13/h2-7,19H,8H2,1H3,(H,20,21). The molecule has 0 radical (unpaired) electrons. The Hall–Kier alpha value is -2.66. The quantitative estimate of drug-likeness (QED) is 0.744. The van der Waals surface area contributed by atoms with Crippen molar-refractivity contribution in [3.63, 3.8) is 0 Å². The number of carbonyl (C=O) groups is 1. The average molecular weight is 329 g/mol. The van der Waals surface area contributed by atoms with Crippen LogP contribution in [0, 0.1) is 6.92 Å². The molecule has 2 aromatic carbocycles. The van der Waals surface area contributed by atoms with Gasteiger partial charge < -0.3 is 19.8 Å². The van der Waals surface area contributed by atoms with Crippen LogP contribution in [0.3, 0.4) is 0 Å². The van der Waals surface area contributed by atoms with Gasteiger partial charge in [0, 0.05) is 22.8 Å². The molecule has 0 bridgehead atoms. The van der Waals surface area contributed by atoms with Crippen molar-refractivity contribution in [2.75, 3.05) is 12.1 Å². The van der Waals surface area contributed by atoms with Gasteiger partial charge in [-0.25, -0.2) is 0 Å². The molecule has 1 amide bonds. The Balaban J connectivity index is 1.70. The van der Waals surface area contributed by atoms with Crippen LogP contribution in [0.15, 0.2) is 36.4 Å². The zero-order valence-electron chi connectivity index (χ0n) is 12.3. The Labute approximate surface area is 137 Å². The molecule has 0 fully saturated rings. The first kappa shape index (κ1) is 14.0. The average Bonchev–Trinajstić information content (AvgIpc) is 3.11. The molecule has 0 saturated heterocycles. The Kier molecular flexibility index (Phi) is 3.16. The SMILES string of the molecule is Cc1[nH]c2c(Cl)cccc2c1C(=O)Nc1ccc2c(c1)OCO2. The fourth-order valence-electron chi connectivity index (χ4n) is 2.77. The van der Waals surface area contributed by atoms with E-state index in [0.29, 0.717) is 27.8 Å². The van der Waals surface area contributed by atoms with Gasteiger partial charge in [0.2, 0.25) is 6.79 Å². The van der Waals surface area contributed by atoms with E-state index in [1.807, 2.05) is 19.1 Å². The van der Waals surface area contributed by atoms with Crippen LogP contribution in [0.5, 0.6) is 11.5 Å². The second kappa shape index (κ2) is 5.21. The highest BCUT2D eigenvalue weighted by Gasteiger charge is 2.19. The second-order valence-electron chi connectivity index (χ2n) is 5.31. The van der Waals surface area contributed by atoms with Crippen molar-refractivity contribution in [3.05, 3.63) is 52.7 Å². The van der Waals surface area contributed by atoms with Crippen LogP contribution < -0.4 is 14.8 Å². The van der Waals surface area contributed by atoms with Crippen LogP contribution in [-0.4, -0.2) is 17.7 Å². The van der Waals surface area contributed by atoms with Crippen molar-refractivity contribution in [1.29, 1.82) is 0 Å². The van der Waals surface area contributed by atoms with Gasteiger partial charge in [-0.15, -0.1) is 0 Å². The first-order valence-corrected chi connectivity index (χ1v) is 7.49. The van der Waals surface area contributed by atoms with E-state index in [0.717, 1.165) is 16.6 Å². The number of aromatic amines is 1. The third kappa shape index (κ3) is 2.29. The third-order valence-corrected chi connectivity index (χ3v) is 4.14. The minimum Gasteiger partial charge on any atom is -0.454 e. The molecule has 1 aromatic heterocycles. The van der Waals surface area contributed by atoms with Crippen LogP contribution in [0.25, 0.3) is 10.9 Å². The summed E-state index contributed by atoms with van der Waals surface area (Å²) in [4.78, 5) is 15.8. The first-order chi connectivity index (χ1) is 11.1. The number of amides is 1. The zero-order chi connectivity index (χ0) is 16.0. The van der Waals surface area contributed by atoms with Crippen LogP contribution in [0.1, 0.15) is 16.1 Å². The number of H-pyrrole nitrogens is 1. The predicted molar refractivity (Wildman–Crippen MR) is 88.6 cm³/mol. The number of benzene rings is 2. The molecule has 0 atom stereocenters. The van der Waals surface area contributed by atoms with Crippen molar-refractivity contribution in [2.24, 2.45) is 0 Å². The summed E-state index contributed by atoms with van der Waals surface area (Å²) in [5.41, 5.74) is 2.77. The molecule has 3 aromatic rings. The van der Waals surface area contributed by atoms with Crippen LogP contribution in [0.4, 0.5) is 5.69 Å². The summed E-state index contributed by atoms with van der Waals surface area (Å²) in [6.07, 6.45) is 0. The minimum absolute atomic E-state index is 0.199. The van der Waals surface area contributed by atoms with E-state index < -0.39 is 0 Å². The summed E-state index contributed by atoms with van der Waals surface area (Å²) >= 11 is 6.18. The van der Waals surface area contributed by atoms with E-state index in [-0.39, 0.29) is 12.7 Å². The largest absolute Gasteiger partial charge is 0.454 e. The van der Waals surface area contributed by atoms with Gasteiger partial charge in [-0.1, -0.05) is 23.7 Å². The van der Waals surface area contributed by atoms with Gasteiger partial charge in [0.15, 0.2) is 11.5 Å². The highest BCUT2D eigenvalue weighted by atomic mass is 35.5. The smallest absolute Gasteiger partial charge is 0.258 e. The maximum Gasteiger partial charge on any atom is 0.258 e. The Morgan fingerprint density at radius 1 is 1.22 bits per heavy atom. The van der Waals surface area contributed by atoms with Gasteiger partial charge >= 0.3 is 0 Å². The molecule has 1 aliphatic heterocycles.